The molecule has 2 heterocycles. The van der Waals surface area contributed by atoms with Crippen molar-refractivity contribution in [2.24, 2.45) is 0 Å². The minimum Gasteiger partial charge on any atom is -0.466 e. The zero-order valence-corrected chi connectivity index (χ0v) is 14.4. The molecule has 0 radical (unpaired) electrons. The molecule has 0 aliphatic carbocycles. The van der Waals surface area contributed by atoms with Gasteiger partial charge in [0.2, 0.25) is 5.88 Å². The molecule has 0 amide bonds. The van der Waals surface area contributed by atoms with Gasteiger partial charge in [0.25, 0.3) is 0 Å². The Labute approximate surface area is 150 Å². The Morgan fingerprint density at radius 2 is 2.04 bits per heavy atom. The predicted molar refractivity (Wildman–Crippen MR) is 93.3 cm³/mol. The second kappa shape index (κ2) is 6.88. The van der Waals surface area contributed by atoms with E-state index < -0.39 is 11.9 Å². The fraction of sp³-hybridized carbons (Fsp3) is 0.158. The molecule has 6 heteroatoms. The highest BCUT2D eigenvalue weighted by molar-refractivity contribution is 6.30. The van der Waals surface area contributed by atoms with Crippen LogP contribution in [0.3, 0.4) is 0 Å². The number of allylic oxidation sites excluding steroid dienone is 2. The van der Waals surface area contributed by atoms with Gasteiger partial charge in [0.1, 0.15) is 17.4 Å². The number of halogens is 1. The van der Waals surface area contributed by atoms with Gasteiger partial charge in [-0.1, -0.05) is 23.7 Å². The Balaban J connectivity index is 2.26. The van der Waals surface area contributed by atoms with Crippen molar-refractivity contribution in [2.45, 2.75) is 12.8 Å². The molecule has 2 aromatic rings. The highest BCUT2D eigenvalue weighted by Crippen LogP contribution is 2.42. The lowest BCUT2D eigenvalue weighted by molar-refractivity contribution is -0.136. The third kappa shape index (κ3) is 3.04. The van der Waals surface area contributed by atoms with E-state index in [9.17, 15) is 10.1 Å². The summed E-state index contributed by atoms with van der Waals surface area (Å²) < 4.78 is 12.4. The van der Waals surface area contributed by atoms with E-state index >= 15 is 0 Å². The molecule has 0 fully saturated rings. The lowest BCUT2D eigenvalue weighted by Crippen LogP contribution is -2.23. The summed E-state index contributed by atoms with van der Waals surface area (Å²) in [5.74, 6) is -0.411. The monoisotopic (exact) mass is 354 g/mol. The van der Waals surface area contributed by atoms with Crippen LogP contribution in [0.15, 0.2) is 65.7 Å². The summed E-state index contributed by atoms with van der Waals surface area (Å²) in [7, 11) is 1.30. The van der Waals surface area contributed by atoms with Crippen LogP contribution in [0.25, 0.3) is 5.88 Å². The van der Waals surface area contributed by atoms with Crippen LogP contribution in [-0.2, 0) is 14.3 Å². The largest absolute Gasteiger partial charge is 0.466 e. The lowest BCUT2D eigenvalue weighted by atomic mass is 9.83. The summed E-state index contributed by atoms with van der Waals surface area (Å²) in [5.41, 5.74) is 1.32. The van der Waals surface area contributed by atoms with Crippen molar-refractivity contribution < 1.29 is 14.3 Å². The molecule has 0 spiro atoms. The van der Waals surface area contributed by atoms with Crippen LogP contribution in [0.4, 0.5) is 0 Å². The summed E-state index contributed by atoms with van der Waals surface area (Å²) in [6.07, 6.45) is 3.55. The molecule has 1 atom stereocenters. The summed E-state index contributed by atoms with van der Waals surface area (Å²) in [4.78, 5) is 12.4. The van der Waals surface area contributed by atoms with Gasteiger partial charge in [-0.05, 0) is 36.8 Å². The van der Waals surface area contributed by atoms with E-state index in [-0.39, 0.29) is 5.57 Å². The average molecular weight is 355 g/mol. The van der Waals surface area contributed by atoms with Crippen LogP contribution in [0.5, 0.6) is 0 Å². The fourth-order valence-corrected chi connectivity index (χ4v) is 3.09. The summed E-state index contributed by atoms with van der Waals surface area (Å²) in [5, 5.41) is 10.3. The van der Waals surface area contributed by atoms with E-state index in [1.54, 1.807) is 42.1 Å². The minimum atomic E-state index is -0.623. The molecule has 5 nitrogen and oxygen atoms in total. The topological polar surface area (TPSA) is 64.2 Å². The molecule has 0 saturated carbocycles. The van der Waals surface area contributed by atoms with Crippen LogP contribution in [0.1, 0.15) is 18.4 Å². The number of aromatic nitrogens is 1. The molecule has 1 aromatic carbocycles. The number of carbonyl (C=O) groups is 1. The van der Waals surface area contributed by atoms with Crippen LogP contribution in [0.2, 0.25) is 5.02 Å². The number of methoxy groups -OCH3 is 1. The fourth-order valence-electron chi connectivity index (χ4n) is 2.89. The molecule has 3 rings (SSSR count). The molecule has 1 aliphatic rings. The highest BCUT2D eigenvalue weighted by atomic mass is 35.5. The van der Waals surface area contributed by atoms with Crippen LogP contribution in [0, 0.1) is 11.3 Å². The maximum Gasteiger partial charge on any atom is 0.338 e. The van der Waals surface area contributed by atoms with E-state index in [1.807, 2.05) is 18.2 Å². The Morgan fingerprint density at radius 1 is 1.32 bits per heavy atom. The molecule has 0 N–H and O–H groups in total. The molecule has 0 bridgehead atoms. The number of hydrogen-bond donors (Lipinski definition) is 0. The molecule has 0 saturated heterocycles. The van der Waals surface area contributed by atoms with Gasteiger partial charge < -0.3 is 9.47 Å². The maximum atomic E-state index is 12.4. The standard InChI is InChI=1S/C19H15ClN2O3/c1-12-16(19(23)24-2)17(13-6-5-7-14(20)10-13)15(11-21)18(25-12)22-8-3-4-9-22/h3-10,17H,1-2H3. The van der Waals surface area contributed by atoms with E-state index in [4.69, 9.17) is 21.1 Å². The van der Waals surface area contributed by atoms with Gasteiger partial charge in [0.15, 0.2) is 0 Å². The van der Waals surface area contributed by atoms with Gasteiger partial charge in [-0.2, -0.15) is 5.26 Å². The van der Waals surface area contributed by atoms with Crippen molar-refractivity contribution >= 4 is 23.5 Å². The molecule has 1 aliphatic heterocycles. The minimum absolute atomic E-state index is 0.289. The first kappa shape index (κ1) is 16.9. The molecule has 1 unspecified atom stereocenters. The van der Waals surface area contributed by atoms with Crippen LogP contribution >= 0.6 is 11.6 Å². The number of esters is 1. The lowest BCUT2D eigenvalue weighted by Gasteiger charge is -2.28. The van der Waals surface area contributed by atoms with Crippen LogP contribution < -0.4 is 0 Å². The number of ether oxygens (including phenoxy) is 2. The summed E-state index contributed by atoms with van der Waals surface area (Å²) in [6, 6.07) is 12.9. The van der Waals surface area contributed by atoms with Crippen molar-refractivity contribution in [1.82, 2.24) is 4.57 Å². The summed E-state index contributed by atoms with van der Waals surface area (Å²) in [6.45, 7) is 1.68. The first-order valence-electron chi connectivity index (χ1n) is 7.56. The molecule has 1 aromatic heterocycles. The number of carbonyl (C=O) groups excluding carboxylic acids is 1. The molecular formula is C19H15ClN2O3. The van der Waals surface area contributed by atoms with E-state index in [0.29, 0.717) is 22.2 Å². The Kier molecular flexibility index (Phi) is 4.64. The van der Waals surface area contributed by atoms with Crippen molar-refractivity contribution in [1.29, 1.82) is 5.26 Å². The number of nitrogens with zero attached hydrogens (tertiary/aromatic N) is 2. The maximum absolute atomic E-state index is 12.4. The van der Waals surface area contributed by atoms with E-state index in [2.05, 4.69) is 6.07 Å². The van der Waals surface area contributed by atoms with Crippen molar-refractivity contribution in [3.63, 3.8) is 0 Å². The quantitative estimate of drug-likeness (QED) is 0.778. The van der Waals surface area contributed by atoms with Gasteiger partial charge in [0, 0.05) is 17.4 Å². The second-order valence-electron chi connectivity index (χ2n) is 5.47. The normalized spacial score (nSPS) is 17.1. The van der Waals surface area contributed by atoms with Crippen molar-refractivity contribution in [3.05, 3.63) is 76.3 Å². The Hall–Kier alpha value is -2.97. The summed E-state index contributed by atoms with van der Waals surface area (Å²) >= 11 is 6.12. The Bertz CT molecular complexity index is 920. The van der Waals surface area contributed by atoms with E-state index in [0.717, 1.165) is 5.56 Å². The molecule has 126 valence electrons. The number of rotatable bonds is 3. The van der Waals surface area contributed by atoms with Gasteiger partial charge in [0.05, 0.1) is 18.6 Å². The first-order chi connectivity index (χ1) is 12.1. The predicted octanol–water partition coefficient (Wildman–Crippen LogP) is 4.09. The third-order valence-corrected chi connectivity index (χ3v) is 4.22. The number of benzene rings is 1. The number of hydrogen-bond acceptors (Lipinski definition) is 4. The van der Waals surface area contributed by atoms with Gasteiger partial charge >= 0.3 is 5.97 Å². The van der Waals surface area contributed by atoms with Gasteiger partial charge in [-0.3, -0.25) is 4.57 Å². The first-order valence-corrected chi connectivity index (χ1v) is 7.94. The van der Waals surface area contributed by atoms with E-state index in [1.165, 1.54) is 7.11 Å². The van der Waals surface area contributed by atoms with Crippen LogP contribution in [-0.4, -0.2) is 17.6 Å². The van der Waals surface area contributed by atoms with Gasteiger partial charge in [-0.25, -0.2) is 4.79 Å². The smallest absolute Gasteiger partial charge is 0.338 e. The van der Waals surface area contributed by atoms with Crippen molar-refractivity contribution in [3.8, 4) is 6.07 Å². The second-order valence-corrected chi connectivity index (χ2v) is 5.91. The molecular weight excluding hydrogens is 340 g/mol. The highest BCUT2D eigenvalue weighted by Gasteiger charge is 2.37. The number of nitriles is 1. The Morgan fingerprint density at radius 3 is 2.64 bits per heavy atom. The third-order valence-electron chi connectivity index (χ3n) is 3.98. The van der Waals surface area contributed by atoms with Crippen molar-refractivity contribution in [2.75, 3.05) is 7.11 Å². The zero-order chi connectivity index (χ0) is 18.0. The zero-order valence-electron chi connectivity index (χ0n) is 13.7. The average Bonchev–Trinajstić information content (AvgIpc) is 3.14. The SMILES string of the molecule is COC(=O)C1=C(C)OC(n2cccc2)=C(C#N)C1c1cccc(Cl)c1. The molecule has 25 heavy (non-hydrogen) atoms. The van der Waals surface area contributed by atoms with Gasteiger partial charge in [-0.15, -0.1) is 0 Å².